The summed E-state index contributed by atoms with van der Waals surface area (Å²) in [6, 6.07) is 16.9. The number of rotatable bonds is 1. The molecule has 0 heterocycles. The Balaban J connectivity index is 2.06. The molecule has 2 aromatic rings. The van der Waals surface area contributed by atoms with Gasteiger partial charge in [0.05, 0.1) is 4.83 Å². The summed E-state index contributed by atoms with van der Waals surface area (Å²) in [6.07, 6.45) is 1.75. The standard InChI is InChI=1S/C18H17BrO2/c1-12(20)21-18-16-10-6-14(7-11-16)3-2-13-4-8-15(9-5-13)17(18)19/h4-11,17-18H,2-3H2,1H3/t17-,18-/m0/s1. The molecule has 0 unspecified atom stereocenters. The highest BCUT2D eigenvalue weighted by Crippen LogP contribution is 2.39. The quantitative estimate of drug-likeness (QED) is 0.561. The summed E-state index contributed by atoms with van der Waals surface area (Å²) in [7, 11) is 0. The summed E-state index contributed by atoms with van der Waals surface area (Å²) < 4.78 is 5.55. The Kier molecular flexibility index (Phi) is 4.11. The molecule has 0 N–H and O–H groups in total. The van der Waals surface area contributed by atoms with Crippen LogP contribution in [0.2, 0.25) is 0 Å². The van der Waals surface area contributed by atoms with Crippen molar-refractivity contribution < 1.29 is 9.53 Å². The van der Waals surface area contributed by atoms with Crippen molar-refractivity contribution in [1.29, 1.82) is 0 Å². The molecule has 3 heteroatoms. The zero-order chi connectivity index (χ0) is 14.8. The predicted octanol–water partition coefficient (Wildman–Crippen LogP) is 4.53. The van der Waals surface area contributed by atoms with Gasteiger partial charge in [0.25, 0.3) is 0 Å². The summed E-state index contributed by atoms with van der Waals surface area (Å²) in [5, 5.41) is 0. The van der Waals surface area contributed by atoms with Gasteiger partial charge in [-0.25, -0.2) is 0 Å². The molecule has 0 aliphatic heterocycles. The van der Waals surface area contributed by atoms with E-state index in [4.69, 9.17) is 4.74 Å². The summed E-state index contributed by atoms with van der Waals surface area (Å²) in [5.41, 5.74) is 4.76. The fourth-order valence-corrected chi connectivity index (χ4v) is 3.40. The molecule has 2 aromatic carbocycles. The molecule has 2 atom stereocenters. The van der Waals surface area contributed by atoms with E-state index < -0.39 is 0 Å². The Bertz CT molecular complexity index is 631. The van der Waals surface area contributed by atoms with Crippen molar-refractivity contribution in [2.45, 2.75) is 30.7 Å². The molecule has 21 heavy (non-hydrogen) atoms. The number of benzene rings is 2. The molecule has 0 saturated heterocycles. The molecular formula is C18H17BrO2. The maximum atomic E-state index is 11.5. The normalized spacial score (nSPS) is 20.7. The van der Waals surface area contributed by atoms with Crippen LogP contribution in [-0.4, -0.2) is 5.97 Å². The van der Waals surface area contributed by atoms with E-state index in [0.29, 0.717) is 0 Å². The van der Waals surface area contributed by atoms with E-state index in [9.17, 15) is 4.79 Å². The molecule has 0 spiro atoms. The highest BCUT2D eigenvalue weighted by Gasteiger charge is 2.25. The van der Waals surface area contributed by atoms with Crippen LogP contribution in [0.4, 0.5) is 0 Å². The van der Waals surface area contributed by atoms with Crippen LogP contribution >= 0.6 is 15.9 Å². The molecule has 0 fully saturated rings. The first-order valence-corrected chi connectivity index (χ1v) is 8.04. The van der Waals surface area contributed by atoms with Crippen molar-refractivity contribution in [2.24, 2.45) is 0 Å². The molecule has 0 aromatic heterocycles. The number of carbonyl (C=O) groups excluding carboxylic acids is 1. The number of carbonyl (C=O) groups is 1. The van der Waals surface area contributed by atoms with Gasteiger partial charge in [0.1, 0.15) is 6.10 Å². The monoisotopic (exact) mass is 344 g/mol. The van der Waals surface area contributed by atoms with Gasteiger partial charge < -0.3 is 4.74 Å². The number of halogens is 1. The van der Waals surface area contributed by atoms with Crippen molar-refractivity contribution in [3.63, 3.8) is 0 Å². The SMILES string of the molecule is CC(=O)O[C@H]1c2ccc(cc2)CCc2ccc(cc2)[C@@H]1Br. The molecule has 4 aliphatic carbocycles. The van der Waals surface area contributed by atoms with Crippen LogP contribution in [0, 0.1) is 0 Å². The van der Waals surface area contributed by atoms with Gasteiger partial charge in [0.15, 0.2) is 0 Å². The molecule has 0 saturated carbocycles. The lowest BCUT2D eigenvalue weighted by molar-refractivity contribution is -0.146. The summed E-state index contributed by atoms with van der Waals surface area (Å²) in [6.45, 7) is 1.45. The van der Waals surface area contributed by atoms with Gasteiger partial charge >= 0.3 is 5.97 Å². The van der Waals surface area contributed by atoms with Crippen LogP contribution in [0.1, 0.15) is 40.1 Å². The largest absolute Gasteiger partial charge is 0.456 e. The number of alkyl halides is 1. The van der Waals surface area contributed by atoms with Gasteiger partial charge in [-0.3, -0.25) is 4.79 Å². The number of hydrogen-bond acceptors (Lipinski definition) is 2. The van der Waals surface area contributed by atoms with Gasteiger partial charge in [-0.15, -0.1) is 0 Å². The second kappa shape index (κ2) is 6.02. The van der Waals surface area contributed by atoms with E-state index >= 15 is 0 Å². The smallest absolute Gasteiger partial charge is 0.303 e. The first-order valence-electron chi connectivity index (χ1n) is 7.12. The third-order valence-corrected chi connectivity index (χ3v) is 4.88. The second-order valence-corrected chi connectivity index (χ2v) is 6.40. The first kappa shape index (κ1) is 14.3. The molecule has 6 rings (SSSR count). The Morgan fingerprint density at radius 3 is 1.90 bits per heavy atom. The van der Waals surface area contributed by atoms with Gasteiger partial charge in [-0.05, 0) is 35.1 Å². The van der Waals surface area contributed by atoms with Crippen LogP contribution in [0.5, 0.6) is 0 Å². The second-order valence-electron chi connectivity index (χ2n) is 5.41. The van der Waals surface area contributed by atoms with E-state index in [1.165, 1.54) is 18.1 Å². The van der Waals surface area contributed by atoms with Crippen molar-refractivity contribution in [3.05, 3.63) is 70.8 Å². The number of hydrogen-bond donors (Lipinski definition) is 0. The van der Waals surface area contributed by atoms with Crippen molar-refractivity contribution in [3.8, 4) is 0 Å². The first-order chi connectivity index (χ1) is 10.1. The third-order valence-electron chi connectivity index (χ3n) is 3.87. The third kappa shape index (κ3) is 3.18. The fourth-order valence-electron chi connectivity index (χ4n) is 2.68. The minimum atomic E-state index is -0.318. The Morgan fingerprint density at radius 2 is 1.43 bits per heavy atom. The van der Waals surface area contributed by atoms with E-state index in [1.54, 1.807) is 0 Å². The lowest BCUT2D eigenvalue weighted by Crippen LogP contribution is -2.14. The topological polar surface area (TPSA) is 26.3 Å². The van der Waals surface area contributed by atoms with Crippen LogP contribution < -0.4 is 0 Å². The zero-order valence-electron chi connectivity index (χ0n) is 11.9. The minimum Gasteiger partial charge on any atom is -0.456 e. The lowest BCUT2D eigenvalue weighted by Gasteiger charge is -2.24. The number of aryl methyl sites for hydroxylation is 2. The molecule has 2 nitrogen and oxygen atoms in total. The molecule has 0 amide bonds. The Hall–Kier alpha value is -1.61. The zero-order valence-corrected chi connectivity index (χ0v) is 13.5. The Morgan fingerprint density at radius 1 is 0.952 bits per heavy atom. The minimum absolute atomic E-state index is 0.0549. The highest BCUT2D eigenvalue weighted by atomic mass is 79.9. The Labute approximate surface area is 133 Å². The van der Waals surface area contributed by atoms with Crippen molar-refractivity contribution >= 4 is 21.9 Å². The van der Waals surface area contributed by atoms with Crippen molar-refractivity contribution in [2.75, 3.05) is 0 Å². The van der Waals surface area contributed by atoms with E-state index in [2.05, 4.69) is 64.5 Å². The number of esters is 1. The van der Waals surface area contributed by atoms with Crippen LogP contribution in [0.3, 0.4) is 0 Å². The van der Waals surface area contributed by atoms with Gasteiger partial charge in [-0.2, -0.15) is 0 Å². The van der Waals surface area contributed by atoms with Crippen LogP contribution in [0.25, 0.3) is 0 Å². The van der Waals surface area contributed by atoms with E-state index in [0.717, 1.165) is 24.0 Å². The maximum absolute atomic E-state index is 11.5. The fraction of sp³-hybridized carbons (Fsp3) is 0.278. The van der Waals surface area contributed by atoms with Gasteiger partial charge in [0, 0.05) is 6.92 Å². The van der Waals surface area contributed by atoms with Gasteiger partial charge in [-0.1, -0.05) is 64.5 Å². The van der Waals surface area contributed by atoms with E-state index in [-0.39, 0.29) is 16.9 Å². The molecular weight excluding hydrogens is 328 g/mol. The number of ether oxygens (including phenoxy) is 1. The summed E-state index contributed by atoms with van der Waals surface area (Å²) in [5.74, 6) is -0.266. The van der Waals surface area contributed by atoms with E-state index in [1.807, 2.05) is 0 Å². The maximum Gasteiger partial charge on any atom is 0.303 e. The van der Waals surface area contributed by atoms with Crippen molar-refractivity contribution in [1.82, 2.24) is 0 Å². The molecule has 4 aliphatic rings. The highest BCUT2D eigenvalue weighted by molar-refractivity contribution is 9.09. The molecule has 108 valence electrons. The molecule has 0 radical (unpaired) electrons. The predicted molar refractivity (Wildman–Crippen MR) is 86.5 cm³/mol. The average Bonchev–Trinajstić information content (AvgIpc) is 2.50. The lowest BCUT2D eigenvalue weighted by atomic mass is 9.95. The summed E-state index contributed by atoms with van der Waals surface area (Å²) >= 11 is 3.70. The molecule has 4 bridgehead atoms. The van der Waals surface area contributed by atoms with Gasteiger partial charge in [0.2, 0.25) is 0 Å². The average molecular weight is 345 g/mol. The van der Waals surface area contributed by atoms with Crippen LogP contribution in [-0.2, 0) is 22.4 Å². The van der Waals surface area contributed by atoms with Crippen LogP contribution in [0.15, 0.2) is 48.5 Å². The summed E-state index contributed by atoms with van der Waals surface area (Å²) in [4.78, 5) is 11.4.